The molecular weight excluding hydrogens is 236 g/mol. The number of imidazole rings is 1. The highest BCUT2D eigenvalue weighted by atomic mass is 16.6. The molecule has 1 heterocycles. The van der Waals surface area contributed by atoms with Crippen molar-refractivity contribution in [3.8, 4) is 5.69 Å². The first-order valence-corrected chi connectivity index (χ1v) is 5.12. The maximum absolute atomic E-state index is 11.3. The molecule has 0 spiro atoms. The van der Waals surface area contributed by atoms with E-state index < -0.39 is 4.92 Å². The summed E-state index contributed by atoms with van der Waals surface area (Å²) in [6, 6.07) is 5.98. The summed E-state index contributed by atoms with van der Waals surface area (Å²) in [6.07, 6.45) is 3.03. The monoisotopic (exact) mass is 246 g/mol. The lowest BCUT2D eigenvalue weighted by atomic mass is 10.3. The molecule has 2 aromatic rings. The lowest BCUT2D eigenvalue weighted by Gasteiger charge is -2.00. The molecule has 1 amide bonds. The topological polar surface area (TPSA) is 90.1 Å². The van der Waals surface area contributed by atoms with Crippen molar-refractivity contribution in [1.82, 2.24) is 14.9 Å². The molecule has 7 heteroatoms. The predicted molar refractivity (Wildman–Crippen MR) is 63.6 cm³/mol. The normalized spacial score (nSPS) is 10.1. The van der Waals surface area contributed by atoms with Crippen molar-refractivity contribution in [1.29, 1.82) is 0 Å². The summed E-state index contributed by atoms with van der Waals surface area (Å²) >= 11 is 0. The average molecular weight is 246 g/mol. The molecule has 92 valence electrons. The van der Waals surface area contributed by atoms with E-state index in [2.05, 4.69) is 10.3 Å². The summed E-state index contributed by atoms with van der Waals surface area (Å²) < 4.78 is 1.62. The number of nitro groups is 1. The molecule has 1 N–H and O–H groups in total. The van der Waals surface area contributed by atoms with Gasteiger partial charge in [-0.15, -0.1) is 0 Å². The SMILES string of the molecule is CNC(=O)c1cn(-c2ccc([N+](=O)[O-])cc2)cn1. The molecule has 0 aliphatic carbocycles. The lowest BCUT2D eigenvalue weighted by Crippen LogP contribution is -2.17. The molecule has 7 nitrogen and oxygen atoms in total. The van der Waals surface area contributed by atoms with Gasteiger partial charge >= 0.3 is 0 Å². The Bertz CT molecular complexity index is 589. The molecule has 2 rings (SSSR count). The summed E-state index contributed by atoms with van der Waals surface area (Å²) in [4.78, 5) is 25.3. The van der Waals surface area contributed by atoms with Crippen LogP contribution in [-0.4, -0.2) is 27.4 Å². The fourth-order valence-electron chi connectivity index (χ4n) is 1.46. The summed E-state index contributed by atoms with van der Waals surface area (Å²) in [7, 11) is 1.52. The highest BCUT2D eigenvalue weighted by molar-refractivity contribution is 5.91. The zero-order chi connectivity index (χ0) is 13.1. The minimum Gasteiger partial charge on any atom is -0.354 e. The van der Waals surface area contributed by atoms with Gasteiger partial charge < -0.3 is 9.88 Å². The van der Waals surface area contributed by atoms with Crippen LogP contribution in [0.1, 0.15) is 10.5 Å². The number of carbonyl (C=O) groups excluding carboxylic acids is 1. The zero-order valence-corrected chi connectivity index (χ0v) is 9.53. The molecule has 0 saturated heterocycles. The molecule has 0 atom stereocenters. The lowest BCUT2D eigenvalue weighted by molar-refractivity contribution is -0.384. The molecule has 1 aromatic heterocycles. The minimum atomic E-state index is -0.465. The van der Waals surface area contributed by atoms with E-state index in [9.17, 15) is 14.9 Å². The summed E-state index contributed by atoms with van der Waals surface area (Å²) in [5.41, 5.74) is 1.00. The van der Waals surface area contributed by atoms with Crippen LogP contribution >= 0.6 is 0 Å². The second kappa shape index (κ2) is 4.66. The number of hydrogen-bond acceptors (Lipinski definition) is 4. The molecule has 0 unspecified atom stereocenters. The maximum atomic E-state index is 11.3. The molecule has 0 bridgehead atoms. The van der Waals surface area contributed by atoms with E-state index in [0.29, 0.717) is 5.69 Å². The number of nitrogens with one attached hydrogen (secondary N) is 1. The number of aromatic nitrogens is 2. The number of amides is 1. The van der Waals surface area contributed by atoms with Crippen molar-refractivity contribution >= 4 is 11.6 Å². The van der Waals surface area contributed by atoms with Crippen LogP contribution in [0, 0.1) is 10.1 Å². The Balaban J connectivity index is 2.29. The number of benzene rings is 1. The van der Waals surface area contributed by atoms with Crippen LogP contribution < -0.4 is 5.32 Å². The number of hydrogen-bond donors (Lipinski definition) is 1. The van der Waals surface area contributed by atoms with E-state index in [0.717, 1.165) is 0 Å². The Morgan fingerprint density at radius 2 is 2.06 bits per heavy atom. The third-order valence-electron chi connectivity index (χ3n) is 2.40. The molecule has 1 aromatic carbocycles. The Kier molecular flexibility index (Phi) is 3.05. The number of nitro benzene ring substituents is 1. The zero-order valence-electron chi connectivity index (χ0n) is 9.53. The van der Waals surface area contributed by atoms with Crippen molar-refractivity contribution in [3.05, 3.63) is 52.6 Å². The van der Waals surface area contributed by atoms with Gasteiger partial charge in [0.15, 0.2) is 0 Å². The van der Waals surface area contributed by atoms with Gasteiger partial charge in [-0.25, -0.2) is 4.98 Å². The Labute approximate surface area is 102 Å². The van der Waals surface area contributed by atoms with Gasteiger partial charge in [0.05, 0.1) is 4.92 Å². The van der Waals surface area contributed by atoms with Gasteiger partial charge in [-0.1, -0.05) is 0 Å². The summed E-state index contributed by atoms with van der Waals surface area (Å²) in [6.45, 7) is 0. The van der Waals surface area contributed by atoms with Gasteiger partial charge in [0.25, 0.3) is 11.6 Å². The van der Waals surface area contributed by atoms with Crippen LogP contribution in [0.4, 0.5) is 5.69 Å². The molecule has 0 fully saturated rings. The molecule has 0 saturated carbocycles. The molecule has 18 heavy (non-hydrogen) atoms. The first-order chi connectivity index (χ1) is 8.61. The van der Waals surface area contributed by atoms with E-state index in [4.69, 9.17) is 0 Å². The number of carbonyl (C=O) groups is 1. The van der Waals surface area contributed by atoms with Gasteiger partial charge in [-0.2, -0.15) is 0 Å². The van der Waals surface area contributed by atoms with E-state index in [1.165, 1.54) is 25.5 Å². The van der Waals surface area contributed by atoms with Crippen molar-refractivity contribution < 1.29 is 9.72 Å². The number of nitrogens with zero attached hydrogens (tertiary/aromatic N) is 3. The Morgan fingerprint density at radius 1 is 1.39 bits per heavy atom. The fraction of sp³-hybridized carbons (Fsp3) is 0.0909. The van der Waals surface area contributed by atoms with Gasteiger partial charge in [0, 0.05) is 31.1 Å². The van der Waals surface area contributed by atoms with Gasteiger partial charge in [0.1, 0.15) is 12.0 Å². The Hall–Kier alpha value is -2.70. The highest BCUT2D eigenvalue weighted by Crippen LogP contribution is 2.15. The van der Waals surface area contributed by atoms with E-state index in [1.54, 1.807) is 22.9 Å². The second-order valence-corrected chi connectivity index (χ2v) is 3.52. The van der Waals surface area contributed by atoms with Gasteiger partial charge in [0.2, 0.25) is 0 Å². The maximum Gasteiger partial charge on any atom is 0.271 e. The summed E-state index contributed by atoms with van der Waals surface area (Å²) in [5.74, 6) is -0.282. The third-order valence-corrected chi connectivity index (χ3v) is 2.40. The fourth-order valence-corrected chi connectivity index (χ4v) is 1.46. The van der Waals surface area contributed by atoms with Crippen LogP contribution in [0.3, 0.4) is 0 Å². The number of rotatable bonds is 3. The van der Waals surface area contributed by atoms with Crippen LogP contribution in [-0.2, 0) is 0 Å². The largest absolute Gasteiger partial charge is 0.354 e. The number of non-ortho nitro benzene ring substituents is 1. The first-order valence-electron chi connectivity index (χ1n) is 5.12. The minimum absolute atomic E-state index is 0.0189. The van der Waals surface area contributed by atoms with Crippen molar-refractivity contribution in [2.24, 2.45) is 0 Å². The highest BCUT2D eigenvalue weighted by Gasteiger charge is 2.09. The molecule has 0 radical (unpaired) electrons. The van der Waals surface area contributed by atoms with Crippen molar-refractivity contribution in [2.45, 2.75) is 0 Å². The Morgan fingerprint density at radius 3 is 2.61 bits per heavy atom. The smallest absolute Gasteiger partial charge is 0.271 e. The second-order valence-electron chi connectivity index (χ2n) is 3.52. The van der Waals surface area contributed by atoms with E-state index in [-0.39, 0.29) is 17.3 Å². The van der Waals surface area contributed by atoms with Crippen LogP contribution in [0.25, 0.3) is 5.69 Å². The van der Waals surface area contributed by atoms with Crippen LogP contribution in [0.2, 0.25) is 0 Å². The van der Waals surface area contributed by atoms with Crippen LogP contribution in [0.15, 0.2) is 36.8 Å². The van der Waals surface area contributed by atoms with E-state index >= 15 is 0 Å². The molecule has 0 aliphatic heterocycles. The molecule has 0 aliphatic rings. The van der Waals surface area contributed by atoms with Crippen molar-refractivity contribution in [2.75, 3.05) is 7.05 Å². The van der Waals surface area contributed by atoms with Crippen molar-refractivity contribution in [3.63, 3.8) is 0 Å². The first kappa shape index (κ1) is 11.8. The quantitative estimate of drug-likeness (QED) is 0.649. The standard InChI is InChI=1S/C11H10N4O3/c1-12-11(16)10-6-14(7-13-10)8-2-4-9(5-3-8)15(17)18/h2-7H,1H3,(H,12,16). The third kappa shape index (κ3) is 2.19. The van der Waals surface area contributed by atoms with Crippen LogP contribution in [0.5, 0.6) is 0 Å². The van der Waals surface area contributed by atoms with E-state index in [1.807, 2.05) is 0 Å². The predicted octanol–water partition coefficient (Wildman–Crippen LogP) is 1.14. The molecular formula is C11H10N4O3. The van der Waals surface area contributed by atoms with Gasteiger partial charge in [-0.05, 0) is 12.1 Å². The van der Waals surface area contributed by atoms with Gasteiger partial charge in [-0.3, -0.25) is 14.9 Å². The average Bonchev–Trinajstić information content (AvgIpc) is 2.87. The summed E-state index contributed by atoms with van der Waals surface area (Å²) in [5, 5.41) is 13.0.